The Hall–Kier alpha value is -4.83. The molecule has 182 valence electrons. The monoisotopic (exact) mass is 484 g/mol. The number of imidazole rings is 1. The molecule has 0 radical (unpaired) electrons. The van der Waals surface area contributed by atoms with E-state index in [0.29, 0.717) is 28.0 Å². The van der Waals surface area contributed by atoms with Crippen molar-refractivity contribution < 1.29 is 19.4 Å². The topological polar surface area (TPSA) is 158 Å². The van der Waals surface area contributed by atoms with Crippen molar-refractivity contribution in [1.82, 2.24) is 20.3 Å². The van der Waals surface area contributed by atoms with E-state index >= 15 is 0 Å². The number of nitrogen functional groups attached to an aromatic ring is 1. The Kier molecular flexibility index (Phi) is 6.01. The smallest absolute Gasteiger partial charge is 0.268 e. The third-order valence-corrected chi connectivity index (χ3v) is 5.87. The van der Waals surface area contributed by atoms with Crippen molar-refractivity contribution in [3.05, 3.63) is 84.1 Å². The summed E-state index contributed by atoms with van der Waals surface area (Å²) >= 11 is 0. The number of aliphatic hydroxyl groups is 1. The summed E-state index contributed by atoms with van der Waals surface area (Å²) in [4.78, 5) is 36.2. The number of anilines is 2. The number of aromatic amines is 2. The first-order chi connectivity index (χ1) is 17.4. The molecule has 0 saturated carbocycles. The minimum absolute atomic E-state index is 0.260. The number of amides is 2. The Balaban J connectivity index is 1.38. The van der Waals surface area contributed by atoms with E-state index in [9.17, 15) is 14.7 Å². The number of hydrogen-bond acceptors (Lipinski definition) is 6. The number of fused-ring (bicyclic) bond motifs is 2. The van der Waals surface area contributed by atoms with Crippen LogP contribution in [0.25, 0.3) is 21.9 Å². The van der Waals surface area contributed by atoms with E-state index < -0.39 is 24.0 Å². The van der Waals surface area contributed by atoms with Gasteiger partial charge in [-0.05, 0) is 42.0 Å². The predicted octanol–water partition coefficient (Wildman–Crippen LogP) is 3.11. The third kappa shape index (κ3) is 4.57. The summed E-state index contributed by atoms with van der Waals surface area (Å²) < 4.78 is 5.24. The number of carbonyl (C=O) groups excluding carboxylic acids is 2. The van der Waals surface area contributed by atoms with Crippen LogP contribution in [0.5, 0.6) is 5.75 Å². The lowest BCUT2D eigenvalue weighted by Crippen LogP contribution is -2.42. The van der Waals surface area contributed by atoms with Crippen LogP contribution in [0.4, 0.5) is 11.6 Å². The van der Waals surface area contributed by atoms with Crippen LogP contribution in [-0.4, -0.2) is 45.1 Å². The first-order valence-electron chi connectivity index (χ1n) is 11.2. The Morgan fingerprint density at radius 1 is 1.00 bits per heavy atom. The number of H-pyrrole nitrogens is 2. The Morgan fingerprint density at radius 2 is 1.81 bits per heavy atom. The first-order valence-corrected chi connectivity index (χ1v) is 11.2. The molecule has 5 aromatic rings. The van der Waals surface area contributed by atoms with Gasteiger partial charge < -0.3 is 36.2 Å². The summed E-state index contributed by atoms with van der Waals surface area (Å²) in [6.45, 7) is 0. The molecule has 0 aliphatic carbocycles. The molecule has 2 unspecified atom stereocenters. The maximum atomic E-state index is 13.1. The number of ether oxygens (including phenoxy) is 1. The number of aliphatic hydroxyl groups excluding tert-OH is 1. The Labute approximate surface area is 205 Å². The van der Waals surface area contributed by atoms with Crippen molar-refractivity contribution in [2.75, 3.05) is 18.2 Å². The fraction of sp³-hybridized carbons (Fsp3) is 0.115. The molecular formula is C26H24N6O4. The Morgan fingerprint density at radius 3 is 2.58 bits per heavy atom. The molecule has 0 bridgehead atoms. The minimum Gasteiger partial charge on any atom is -0.497 e. The molecule has 10 heteroatoms. The van der Waals surface area contributed by atoms with Crippen LogP contribution in [-0.2, 0) is 4.79 Å². The number of rotatable bonds is 7. The van der Waals surface area contributed by atoms with Crippen LogP contribution in [0.1, 0.15) is 22.1 Å². The minimum atomic E-state index is -1.58. The molecule has 3 aromatic carbocycles. The van der Waals surface area contributed by atoms with E-state index in [4.69, 9.17) is 10.5 Å². The standard InChI is InChI=1S/C26H24N6O4/c1-36-17-9-7-15-11-21(29-19(15)13-17)24(34)32-22(14-5-3-2-4-6-14)23(33)25(35)28-16-8-10-18-20(12-16)31-26(27)30-18/h2-13,22-23,29,33H,1H3,(H,28,35)(H,32,34)(H3,27,30,31). The van der Waals surface area contributed by atoms with Gasteiger partial charge in [-0.2, -0.15) is 0 Å². The van der Waals surface area contributed by atoms with E-state index in [2.05, 4.69) is 25.6 Å². The zero-order chi connectivity index (χ0) is 25.2. The highest BCUT2D eigenvalue weighted by atomic mass is 16.5. The fourth-order valence-electron chi connectivity index (χ4n) is 4.05. The largest absolute Gasteiger partial charge is 0.497 e. The van der Waals surface area contributed by atoms with Crippen molar-refractivity contribution >= 4 is 45.4 Å². The predicted molar refractivity (Wildman–Crippen MR) is 137 cm³/mol. The van der Waals surface area contributed by atoms with Gasteiger partial charge in [0.15, 0.2) is 12.1 Å². The van der Waals surface area contributed by atoms with Gasteiger partial charge in [-0.15, -0.1) is 0 Å². The molecule has 2 aromatic heterocycles. The molecule has 2 heterocycles. The molecule has 7 N–H and O–H groups in total. The van der Waals surface area contributed by atoms with Gasteiger partial charge in [-0.3, -0.25) is 9.59 Å². The molecule has 0 spiro atoms. The summed E-state index contributed by atoms with van der Waals surface area (Å²) in [5.41, 5.74) is 9.00. The summed E-state index contributed by atoms with van der Waals surface area (Å²) in [5, 5.41) is 17.3. The number of aromatic nitrogens is 3. The van der Waals surface area contributed by atoms with Crippen LogP contribution >= 0.6 is 0 Å². The van der Waals surface area contributed by atoms with Crippen molar-refractivity contribution in [3.63, 3.8) is 0 Å². The summed E-state index contributed by atoms with van der Waals surface area (Å²) in [6.07, 6.45) is -1.58. The average Bonchev–Trinajstić information content (AvgIpc) is 3.49. The average molecular weight is 485 g/mol. The van der Waals surface area contributed by atoms with E-state index in [1.165, 1.54) is 0 Å². The zero-order valence-electron chi connectivity index (χ0n) is 19.3. The van der Waals surface area contributed by atoms with Crippen LogP contribution in [0.2, 0.25) is 0 Å². The van der Waals surface area contributed by atoms with E-state index in [1.54, 1.807) is 67.8 Å². The second-order valence-electron chi connectivity index (χ2n) is 8.29. The quantitative estimate of drug-likeness (QED) is 0.208. The highest BCUT2D eigenvalue weighted by Crippen LogP contribution is 2.24. The van der Waals surface area contributed by atoms with Crippen molar-refractivity contribution in [1.29, 1.82) is 0 Å². The fourth-order valence-corrected chi connectivity index (χ4v) is 4.05. The van der Waals surface area contributed by atoms with Gasteiger partial charge >= 0.3 is 0 Å². The number of nitrogens with one attached hydrogen (secondary N) is 4. The van der Waals surface area contributed by atoms with Gasteiger partial charge in [-0.1, -0.05) is 30.3 Å². The molecule has 2 amide bonds. The van der Waals surface area contributed by atoms with E-state index in [0.717, 1.165) is 10.9 Å². The highest BCUT2D eigenvalue weighted by Gasteiger charge is 2.30. The summed E-state index contributed by atoms with van der Waals surface area (Å²) in [6, 6.07) is 19.9. The maximum Gasteiger partial charge on any atom is 0.268 e. The van der Waals surface area contributed by atoms with Gasteiger partial charge in [0.25, 0.3) is 11.8 Å². The number of hydrogen-bond donors (Lipinski definition) is 6. The molecule has 2 atom stereocenters. The lowest BCUT2D eigenvalue weighted by molar-refractivity contribution is -0.125. The SMILES string of the molecule is COc1ccc2cc(C(=O)NC(c3ccccc3)C(O)C(=O)Nc3ccc4nc(N)[nH]c4c3)[nH]c2c1. The normalized spacial score (nSPS) is 12.8. The van der Waals surface area contributed by atoms with Gasteiger partial charge in [0.2, 0.25) is 0 Å². The number of nitrogens with zero attached hydrogens (tertiary/aromatic N) is 1. The van der Waals surface area contributed by atoms with E-state index in [1.807, 2.05) is 12.1 Å². The molecular weight excluding hydrogens is 460 g/mol. The number of methoxy groups -OCH3 is 1. The number of nitrogens with two attached hydrogens (primary N) is 1. The van der Waals surface area contributed by atoms with Crippen LogP contribution in [0.15, 0.2) is 72.8 Å². The van der Waals surface area contributed by atoms with Gasteiger partial charge in [0, 0.05) is 22.7 Å². The molecule has 0 saturated heterocycles. The molecule has 0 aliphatic heterocycles. The lowest BCUT2D eigenvalue weighted by Gasteiger charge is -2.24. The van der Waals surface area contributed by atoms with Crippen LogP contribution < -0.4 is 21.1 Å². The highest BCUT2D eigenvalue weighted by molar-refractivity contribution is 6.00. The maximum absolute atomic E-state index is 13.1. The van der Waals surface area contributed by atoms with Crippen molar-refractivity contribution in [3.8, 4) is 5.75 Å². The van der Waals surface area contributed by atoms with Crippen molar-refractivity contribution in [2.24, 2.45) is 0 Å². The van der Waals surface area contributed by atoms with Gasteiger partial charge in [-0.25, -0.2) is 4.98 Å². The number of carbonyl (C=O) groups is 2. The first kappa shape index (κ1) is 22.9. The summed E-state index contributed by atoms with van der Waals surface area (Å²) in [7, 11) is 1.57. The molecule has 10 nitrogen and oxygen atoms in total. The second-order valence-corrected chi connectivity index (χ2v) is 8.29. The Bertz CT molecular complexity index is 1560. The summed E-state index contributed by atoms with van der Waals surface area (Å²) in [5.74, 6) is -0.241. The molecule has 0 fully saturated rings. The molecule has 36 heavy (non-hydrogen) atoms. The third-order valence-electron chi connectivity index (χ3n) is 5.87. The second kappa shape index (κ2) is 9.43. The number of benzene rings is 3. The van der Waals surface area contributed by atoms with Crippen molar-refractivity contribution in [2.45, 2.75) is 12.1 Å². The van der Waals surface area contributed by atoms with Gasteiger partial charge in [0.05, 0.1) is 24.2 Å². The van der Waals surface area contributed by atoms with Crippen LogP contribution in [0, 0.1) is 0 Å². The van der Waals surface area contributed by atoms with Crippen LogP contribution in [0.3, 0.4) is 0 Å². The van der Waals surface area contributed by atoms with E-state index in [-0.39, 0.29) is 11.6 Å². The molecule has 0 aliphatic rings. The zero-order valence-corrected chi connectivity index (χ0v) is 19.3. The van der Waals surface area contributed by atoms with Gasteiger partial charge in [0.1, 0.15) is 11.4 Å². The lowest BCUT2D eigenvalue weighted by atomic mass is 10.00. The molecule has 5 rings (SSSR count).